The Balaban J connectivity index is 0.000000351. The van der Waals surface area contributed by atoms with E-state index in [9.17, 15) is 0 Å². The van der Waals surface area contributed by atoms with Gasteiger partial charge in [-0.3, -0.25) is 0 Å². The lowest BCUT2D eigenvalue weighted by molar-refractivity contribution is 0.742. The van der Waals surface area contributed by atoms with Gasteiger partial charge in [-0.15, -0.1) is 0 Å². The van der Waals surface area contributed by atoms with Crippen molar-refractivity contribution in [1.29, 1.82) is 0 Å². The topological polar surface area (TPSA) is 0 Å². The molecule has 0 unspecified atom stereocenters. The minimum Gasteiger partial charge on any atom is -0.0718 e. The average Bonchev–Trinajstić information content (AvgIpc) is 2.48. The monoisotopic (exact) mass is 356 g/mol. The van der Waals surface area contributed by atoms with Gasteiger partial charge in [-0.05, 0) is 10.1 Å². The van der Waals surface area contributed by atoms with Crippen molar-refractivity contribution in [3.63, 3.8) is 0 Å². The molecule has 2 aromatic rings. The highest BCUT2D eigenvalue weighted by Crippen LogP contribution is 2.26. The zero-order chi connectivity index (χ0) is 18.4. The number of rotatable bonds is 2. The van der Waals surface area contributed by atoms with Crippen molar-refractivity contribution >= 4 is 28.0 Å². The van der Waals surface area contributed by atoms with Gasteiger partial charge in [0.25, 0.3) is 0 Å². The molecular weight excluding hydrogens is 320 g/mol. The molecule has 0 aromatic heterocycles. The van der Waals surface area contributed by atoms with Crippen LogP contribution in [-0.4, -0.2) is 17.6 Å². The quantitative estimate of drug-likeness (QED) is 0.657. The molecule has 0 nitrogen and oxygen atoms in total. The molecule has 0 spiro atoms. The van der Waals surface area contributed by atoms with E-state index in [-0.39, 0.29) is 8.80 Å². The van der Waals surface area contributed by atoms with Gasteiger partial charge in [0.1, 0.15) is 8.80 Å². The number of hydrogen-bond donors (Lipinski definition) is 0. The van der Waals surface area contributed by atoms with Crippen LogP contribution < -0.4 is 10.4 Å². The van der Waals surface area contributed by atoms with Crippen LogP contribution in [0.25, 0.3) is 0 Å². The third-order valence-electron chi connectivity index (χ3n) is 4.86. The Labute approximate surface area is 153 Å². The van der Waals surface area contributed by atoms with E-state index in [4.69, 9.17) is 0 Å². The molecule has 0 bridgehead atoms. The molecule has 0 radical (unpaired) electrons. The van der Waals surface area contributed by atoms with E-state index < -0.39 is 8.80 Å². The first-order valence-corrected chi connectivity index (χ1v) is 13.7. The molecule has 24 heavy (non-hydrogen) atoms. The maximum absolute atomic E-state index is 2.39. The summed E-state index contributed by atoms with van der Waals surface area (Å²) in [6, 6.07) is 22.0. The van der Waals surface area contributed by atoms with Gasteiger partial charge in [0.05, 0.1) is 0 Å². The Kier molecular flexibility index (Phi) is 7.69. The summed E-state index contributed by atoms with van der Waals surface area (Å²) in [4.78, 5) is 0. The van der Waals surface area contributed by atoms with Crippen LogP contribution in [-0.2, 0) is 0 Å². The van der Waals surface area contributed by atoms with Gasteiger partial charge in [-0.2, -0.15) is 0 Å². The highest BCUT2D eigenvalue weighted by molar-refractivity contribution is 6.87. The van der Waals surface area contributed by atoms with E-state index in [0.29, 0.717) is 10.1 Å². The van der Waals surface area contributed by atoms with Gasteiger partial charge < -0.3 is 0 Å². The van der Waals surface area contributed by atoms with Crippen molar-refractivity contribution in [2.24, 2.45) is 0 Å². The molecule has 0 aliphatic heterocycles. The first-order chi connectivity index (χ1) is 11.0. The minimum atomic E-state index is -1.14. The predicted molar refractivity (Wildman–Crippen MR) is 118 cm³/mol. The normalized spacial score (nSPS) is 12.1. The Morgan fingerprint density at radius 1 is 0.542 bits per heavy atom. The summed E-state index contributed by atoms with van der Waals surface area (Å²) >= 11 is 0. The largest absolute Gasteiger partial charge is 0.108 e. The van der Waals surface area contributed by atoms with E-state index >= 15 is 0 Å². The smallest absolute Gasteiger partial charge is 0.0718 e. The Hall–Kier alpha value is -1.13. The summed E-state index contributed by atoms with van der Waals surface area (Å²) in [5.41, 5.74) is 0. The first kappa shape index (κ1) is 20.9. The van der Waals surface area contributed by atoms with E-state index in [0.717, 1.165) is 0 Å². The van der Waals surface area contributed by atoms with Crippen molar-refractivity contribution in [2.75, 3.05) is 0 Å². The summed E-state index contributed by atoms with van der Waals surface area (Å²) in [7, 11) is -1.50. The lowest BCUT2D eigenvalue weighted by Gasteiger charge is -2.30. The van der Waals surface area contributed by atoms with Crippen LogP contribution in [0.2, 0.25) is 23.2 Å². The summed E-state index contributed by atoms with van der Waals surface area (Å²) < 4.78 is 0. The second kappa shape index (κ2) is 8.82. The Morgan fingerprint density at radius 2 is 0.833 bits per heavy atom. The lowest BCUT2D eigenvalue weighted by Crippen LogP contribution is -2.48. The standard InChI is InChI=1S/C16H20Si.C6H16Si/c1-16(2,3)17(14-10-6-4-7-11-14)15-12-8-5-9-13-15;1-6(2,3)7(4)5/h4-13,17H,1-3H3;7H,1-5H3. The van der Waals surface area contributed by atoms with E-state index in [1.807, 2.05) is 0 Å². The second-order valence-corrected chi connectivity index (χ2v) is 17.1. The molecule has 0 saturated carbocycles. The van der Waals surface area contributed by atoms with E-state index in [1.54, 1.807) is 0 Å². The molecule has 0 amide bonds. The van der Waals surface area contributed by atoms with Crippen LogP contribution in [0.4, 0.5) is 0 Å². The van der Waals surface area contributed by atoms with Gasteiger partial charge in [0.15, 0.2) is 0 Å². The van der Waals surface area contributed by atoms with Crippen LogP contribution in [0, 0.1) is 0 Å². The summed E-state index contributed by atoms with van der Waals surface area (Å²) in [5, 5.41) is 4.07. The van der Waals surface area contributed by atoms with E-state index in [2.05, 4.69) is 115 Å². The molecule has 2 rings (SSSR count). The molecular formula is C22H36Si2. The molecule has 0 aliphatic carbocycles. The third kappa shape index (κ3) is 6.78. The maximum Gasteiger partial charge on any atom is 0.108 e. The molecule has 0 aliphatic rings. The van der Waals surface area contributed by atoms with Crippen LogP contribution in [0.3, 0.4) is 0 Å². The van der Waals surface area contributed by atoms with Gasteiger partial charge in [0.2, 0.25) is 0 Å². The fourth-order valence-corrected chi connectivity index (χ4v) is 6.08. The molecule has 2 heteroatoms. The molecule has 2 aromatic carbocycles. The minimum absolute atomic E-state index is 0.359. The zero-order valence-electron chi connectivity index (χ0n) is 16.9. The van der Waals surface area contributed by atoms with Crippen molar-refractivity contribution in [1.82, 2.24) is 0 Å². The number of hydrogen-bond acceptors (Lipinski definition) is 0. The molecule has 0 fully saturated rings. The summed E-state index contributed by atoms with van der Waals surface area (Å²) in [6.45, 7) is 18.8. The van der Waals surface area contributed by atoms with Crippen LogP contribution in [0.15, 0.2) is 60.7 Å². The maximum atomic E-state index is 2.39. The molecule has 0 saturated heterocycles. The number of benzene rings is 2. The van der Waals surface area contributed by atoms with Crippen molar-refractivity contribution < 1.29 is 0 Å². The van der Waals surface area contributed by atoms with Crippen LogP contribution in [0.1, 0.15) is 41.5 Å². The second-order valence-electron chi connectivity index (χ2n) is 9.14. The fraction of sp³-hybridized carbons (Fsp3) is 0.455. The van der Waals surface area contributed by atoms with Crippen LogP contribution >= 0.6 is 0 Å². The molecule has 0 heterocycles. The van der Waals surface area contributed by atoms with Crippen molar-refractivity contribution in [3.05, 3.63) is 60.7 Å². The molecule has 0 N–H and O–H groups in total. The predicted octanol–water partition coefficient (Wildman–Crippen LogP) is 5.10. The Bertz CT molecular complexity index is 535. The zero-order valence-corrected chi connectivity index (χ0v) is 19.2. The summed E-state index contributed by atoms with van der Waals surface area (Å²) in [6.07, 6.45) is 0. The van der Waals surface area contributed by atoms with Gasteiger partial charge in [-0.25, -0.2) is 0 Å². The lowest BCUT2D eigenvalue weighted by atomic mass is 10.2. The highest BCUT2D eigenvalue weighted by atomic mass is 28.3. The van der Waals surface area contributed by atoms with Gasteiger partial charge in [-0.1, -0.05) is 126 Å². The van der Waals surface area contributed by atoms with Gasteiger partial charge in [0, 0.05) is 8.80 Å². The first-order valence-electron chi connectivity index (χ1n) is 9.13. The van der Waals surface area contributed by atoms with Gasteiger partial charge >= 0.3 is 0 Å². The highest BCUT2D eigenvalue weighted by Gasteiger charge is 2.29. The van der Waals surface area contributed by atoms with E-state index in [1.165, 1.54) is 10.4 Å². The molecule has 0 atom stereocenters. The van der Waals surface area contributed by atoms with Crippen molar-refractivity contribution in [3.8, 4) is 0 Å². The Morgan fingerprint density at radius 3 is 1.04 bits per heavy atom. The average molecular weight is 357 g/mol. The fourth-order valence-electron chi connectivity index (χ4n) is 2.48. The summed E-state index contributed by atoms with van der Waals surface area (Å²) in [5.74, 6) is 0. The molecule has 132 valence electrons. The third-order valence-corrected chi connectivity index (χ3v) is 12.2. The SMILES string of the molecule is CC(C)(C)[SiH](c1ccccc1)c1ccccc1.C[SiH](C)C(C)(C)C. The van der Waals surface area contributed by atoms with Crippen LogP contribution in [0.5, 0.6) is 0 Å². The van der Waals surface area contributed by atoms with Crippen molar-refractivity contribution in [2.45, 2.75) is 64.7 Å².